The molecule has 21 heavy (non-hydrogen) atoms. The molecular formula is C14H10F3N3O. The number of hydrogen-bond acceptors (Lipinski definition) is 3. The van der Waals surface area contributed by atoms with Gasteiger partial charge in [0.1, 0.15) is 11.6 Å². The molecule has 0 radical (unpaired) electrons. The van der Waals surface area contributed by atoms with Gasteiger partial charge in [0.2, 0.25) is 5.95 Å². The summed E-state index contributed by atoms with van der Waals surface area (Å²) < 4.78 is 43.4. The first-order valence-corrected chi connectivity index (χ1v) is 6.03. The molecular weight excluding hydrogens is 283 g/mol. The molecule has 2 aromatic carbocycles. The number of aromatic nitrogens is 2. The van der Waals surface area contributed by atoms with E-state index in [1.165, 1.54) is 34.9 Å². The second kappa shape index (κ2) is 5.01. The number of anilines is 1. The van der Waals surface area contributed by atoms with Gasteiger partial charge in [-0.2, -0.15) is 8.78 Å². The van der Waals surface area contributed by atoms with Crippen molar-refractivity contribution in [1.82, 2.24) is 9.55 Å². The highest BCUT2D eigenvalue weighted by atomic mass is 19.3. The van der Waals surface area contributed by atoms with Crippen molar-refractivity contribution < 1.29 is 17.9 Å². The highest BCUT2D eigenvalue weighted by Gasteiger charge is 2.11. The summed E-state index contributed by atoms with van der Waals surface area (Å²) in [4.78, 5) is 4.12. The lowest BCUT2D eigenvalue weighted by Crippen LogP contribution is -2.03. The summed E-state index contributed by atoms with van der Waals surface area (Å²) in [5.74, 6) is -0.206. The van der Waals surface area contributed by atoms with E-state index < -0.39 is 12.4 Å². The van der Waals surface area contributed by atoms with E-state index in [1.54, 1.807) is 12.1 Å². The number of nitrogens with zero attached hydrogens (tertiary/aromatic N) is 2. The van der Waals surface area contributed by atoms with Gasteiger partial charge in [-0.25, -0.2) is 9.37 Å². The SMILES string of the molecule is Nc1nc2ccc(F)cc2n1-c1ccc(OC(F)F)cc1. The fourth-order valence-corrected chi connectivity index (χ4v) is 2.12. The summed E-state index contributed by atoms with van der Waals surface area (Å²) in [6.45, 7) is -2.89. The van der Waals surface area contributed by atoms with Gasteiger partial charge in [-0.15, -0.1) is 0 Å². The number of hydrogen-bond donors (Lipinski definition) is 1. The van der Waals surface area contributed by atoms with E-state index in [0.29, 0.717) is 16.7 Å². The van der Waals surface area contributed by atoms with E-state index in [1.807, 2.05) is 0 Å². The Hall–Kier alpha value is -2.70. The highest BCUT2D eigenvalue weighted by molar-refractivity contribution is 5.80. The van der Waals surface area contributed by atoms with E-state index in [9.17, 15) is 13.2 Å². The highest BCUT2D eigenvalue weighted by Crippen LogP contribution is 2.25. The topological polar surface area (TPSA) is 53.1 Å². The Balaban J connectivity index is 2.07. The van der Waals surface area contributed by atoms with Gasteiger partial charge in [0.25, 0.3) is 0 Å². The first-order valence-electron chi connectivity index (χ1n) is 6.03. The molecule has 0 fully saturated rings. The van der Waals surface area contributed by atoms with Crippen LogP contribution < -0.4 is 10.5 Å². The van der Waals surface area contributed by atoms with Gasteiger partial charge in [-0.3, -0.25) is 4.57 Å². The molecule has 0 atom stereocenters. The smallest absolute Gasteiger partial charge is 0.387 e. The third kappa shape index (κ3) is 2.49. The minimum atomic E-state index is -2.89. The third-order valence-electron chi connectivity index (χ3n) is 2.96. The van der Waals surface area contributed by atoms with Crippen molar-refractivity contribution in [2.24, 2.45) is 0 Å². The number of fused-ring (bicyclic) bond motifs is 1. The minimum Gasteiger partial charge on any atom is -0.435 e. The second-order valence-electron chi connectivity index (χ2n) is 4.31. The summed E-state index contributed by atoms with van der Waals surface area (Å²) in [6, 6.07) is 9.96. The van der Waals surface area contributed by atoms with Crippen molar-refractivity contribution in [3.05, 3.63) is 48.3 Å². The molecule has 0 amide bonds. The van der Waals surface area contributed by atoms with Crippen LogP contribution in [0.3, 0.4) is 0 Å². The number of ether oxygens (including phenoxy) is 1. The maximum absolute atomic E-state index is 13.4. The van der Waals surface area contributed by atoms with E-state index in [-0.39, 0.29) is 11.7 Å². The van der Waals surface area contributed by atoms with Crippen LogP contribution in [0.1, 0.15) is 0 Å². The second-order valence-corrected chi connectivity index (χ2v) is 4.31. The lowest BCUT2D eigenvalue weighted by Gasteiger charge is -2.08. The van der Waals surface area contributed by atoms with Crippen molar-refractivity contribution in [3.8, 4) is 11.4 Å². The van der Waals surface area contributed by atoms with Gasteiger partial charge in [-0.1, -0.05) is 0 Å². The van der Waals surface area contributed by atoms with Gasteiger partial charge < -0.3 is 10.5 Å². The Bertz CT molecular complexity index is 784. The summed E-state index contributed by atoms with van der Waals surface area (Å²) in [7, 11) is 0. The van der Waals surface area contributed by atoms with Crippen LogP contribution in [-0.4, -0.2) is 16.2 Å². The van der Waals surface area contributed by atoms with E-state index in [0.717, 1.165) is 0 Å². The molecule has 0 saturated carbocycles. The zero-order valence-corrected chi connectivity index (χ0v) is 10.6. The Labute approximate surface area is 117 Å². The van der Waals surface area contributed by atoms with Crippen LogP contribution in [-0.2, 0) is 0 Å². The molecule has 0 saturated heterocycles. The molecule has 2 N–H and O–H groups in total. The zero-order valence-electron chi connectivity index (χ0n) is 10.6. The Morgan fingerprint density at radius 3 is 2.48 bits per heavy atom. The molecule has 1 heterocycles. The summed E-state index contributed by atoms with van der Waals surface area (Å²) >= 11 is 0. The van der Waals surface area contributed by atoms with E-state index >= 15 is 0 Å². The Morgan fingerprint density at radius 1 is 1.10 bits per heavy atom. The monoisotopic (exact) mass is 293 g/mol. The number of halogens is 3. The molecule has 0 aliphatic rings. The normalized spacial score (nSPS) is 11.2. The van der Waals surface area contributed by atoms with Crippen molar-refractivity contribution in [2.75, 3.05) is 5.73 Å². The van der Waals surface area contributed by atoms with Crippen LogP contribution in [0, 0.1) is 5.82 Å². The van der Waals surface area contributed by atoms with Gasteiger partial charge in [0.15, 0.2) is 0 Å². The van der Waals surface area contributed by atoms with Crippen LogP contribution in [0.25, 0.3) is 16.7 Å². The number of nitrogen functional groups attached to an aromatic ring is 1. The lowest BCUT2D eigenvalue weighted by atomic mass is 10.2. The average Bonchev–Trinajstić information content (AvgIpc) is 2.74. The van der Waals surface area contributed by atoms with Crippen LogP contribution in [0.2, 0.25) is 0 Å². The zero-order chi connectivity index (χ0) is 15.0. The quantitative estimate of drug-likeness (QED) is 0.805. The van der Waals surface area contributed by atoms with E-state index in [2.05, 4.69) is 9.72 Å². The molecule has 3 rings (SSSR count). The molecule has 0 spiro atoms. The molecule has 0 aliphatic heterocycles. The maximum Gasteiger partial charge on any atom is 0.387 e. The van der Waals surface area contributed by atoms with Crippen molar-refractivity contribution in [2.45, 2.75) is 6.61 Å². The molecule has 108 valence electrons. The maximum atomic E-state index is 13.4. The molecule has 7 heteroatoms. The molecule has 3 aromatic rings. The lowest BCUT2D eigenvalue weighted by molar-refractivity contribution is -0.0498. The fraction of sp³-hybridized carbons (Fsp3) is 0.0714. The summed E-state index contributed by atoms with van der Waals surface area (Å²) in [5.41, 5.74) is 7.44. The van der Waals surface area contributed by atoms with Crippen molar-refractivity contribution in [1.29, 1.82) is 0 Å². The Morgan fingerprint density at radius 2 is 1.81 bits per heavy atom. The Kier molecular flexibility index (Phi) is 3.17. The largest absolute Gasteiger partial charge is 0.435 e. The number of nitrogens with two attached hydrogens (primary N) is 1. The summed E-state index contributed by atoms with van der Waals surface area (Å²) in [5, 5.41) is 0. The molecule has 0 unspecified atom stereocenters. The van der Waals surface area contributed by atoms with Gasteiger partial charge in [0.05, 0.1) is 11.0 Å². The molecule has 0 bridgehead atoms. The molecule has 4 nitrogen and oxygen atoms in total. The third-order valence-corrected chi connectivity index (χ3v) is 2.96. The number of alkyl halides is 2. The summed E-state index contributed by atoms with van der Waals surface area (Å²) in [6.07, 6.45) is 0. The van der Waals surface area contributed by atoms with Gasteiger partial charge >= 0.3 is 6.61 Å². The molecule has 1 aromatic heterocycles. The van der Waals surface area contributed by atoms with Crippen LogP contribution in [0.5, 0.6) is 5.75 Å². The van der Waals surface area contributed by atoms with Crippen LogP contribution >= 0.6 is 0 Å². The fourth-order valence-electron chi connectivity index (χ4n) is 2.12. The van der Waals surface area contributed by atoms with Gasteiger partial charge in [-0.05, 0) is 36.4 Å². The first-order chi connectivity index (χ1) is 10.0. The van der Waals surface area contributed by atoms with E-state index in [4.69, 9.17) is 5.73 Å². The number of benzene rings is 2. The van der Waals surface area contributed by atoms with Crippen LogP contribution in [0.15, 0.2) is 42.5 Å². The predicted molar refractivity (Wildman–Crippen MR) is 72.1 cm³/mol. The van der Waals surface area contributed by atoms with Gasteiger partial charge in [0, 0.05) is 11.8 Å². The molecule has 0 aliphatic carbocycles. The number of rotatable bonds is 3. The average molecular weight is 293 g/mol. The van der Waals surface area contributed by atoms with Crippen molar-refractivity contribution >= 4 is 17.0 Å². The number of imidazole rings is 1. The van der Waals surface area contributed by atoms with Crippen LogP contribution in [0.4, 0.5) is 19.1 Å². The first kappa shape index (κ1) is 13.3. The minimum absolute atomic E-state index is 0.0305. The van der Waals surface area contributed by atoms with Crippen molar-refractivity contribution in [3.63, 3.8) is 0 Å². The standard InChI is InChI=1S/C14H10F3N3O/c15-8-1-6-11-12(7-8)20(14(18)19-11)9-2-4-10(5-3-9)21-13(16)17/h1-7,13H,(H2,18,19). The predicted octanol–water partition coefficient (Wildman–Crippen LogP) is 3.35.